The summed E-state index contributed by atoms with van der Waals surface area (Å²) in [5.74, 6) is -7.18. The fourth-order valence-electron chi connectivity index (χ4n) is 4.69. The highest BCUT2D eigenvalue weighted by Crippen LogP contribution is 2.19. The van der Waals surface area contributed by atoms with Gasteiger partial charge >= 0.3 is 18.1 Å². The van der Waals surface area contributed by atoms with E-state index in [0.29, 0.717) is 16.9 Å². The number of ketones is 1. The minimum atomic E-state index is -5.08. The number of alkyl halides is 3. The average molecular weight is 846 g/mol. The maximum absolute atomic E-state index is 13.5. The number of likely N-dealkylation sites (N-methyl/N-ethyl adjacent to an activating group) is 1. The van der Waals surface area contributed by atoms with Crippen LogP contribution in [0.3, 0.4) is 0 Å². The lowest BCUT2D eigenvalue weighted by Crippen LogP contribution is -2.53. The molecule has 0 heterocycles. The molecule has 18 nitrogen and oxygen atoms in total. The van der Waals surface area contributed by atoms with E-state index >= 15 is 0 Å². The van der Waals surface area contributed by atoms with Gasteiger partial charge in [-0.1, -0.05) is 42.5 Å². The van der Waals surface area contributed by atoms with Gasteiger partial charge in [-0.15, -0.1) is 0 Å². The van der Waals surface area contributed by atoms with E-state index in [2.05, 4.69) is 20.3 Å². The number of aliphatic carboxylic acids is 1. The van der Waals surface area contributed by atoms with Gasteiger partial charge in [0.1, 0.15) is 30.0 Å². The van der Waals surface area contributed by atoms with Crippen molar-refractivity contribution in [2.24, 2.45) is 16.5 Å². The molecule has 0 unspecified atom stereocenters. The Balaban J connectivity index is 0.00000219. The molecule has 8 N–H and O–H groups in total. The fraction of sp³-hybridized carbons (Fsp3) is 0.472. The number of esters is 1. The Kier molecular flexibility index (Phi) is 20.3. The number of Topliss-reactive ketones (excluding diaryl/α,β-unsaturated/α-hetero) is 1. The Hall–Kier alpha value is -5.77. The first-order valence-corrected chi connectivity index (χ1v) is 19.2. The van der Waals surface area contributed by atoms with Crippen LogP contribution in [0.5, 0.6) is 5.75 Å². The number of aliphatic imine (C=N–C) groups is 1. The molecule has 2 aromatic rings. The summed E-state index contributed by atoms with van der Waals surface area (Å²) >= 11 is 0. The van der Waals surface area contributed by atoms with Crippen molar-refractivity contribution < 1.29 is 64.9 Å². The zero-order chi connectivity index (χ0) is 44.3. The van der Waals surface area contributed by atoms with Crippen LogP contribution in [0.15, 0.2) is 59.6 Å². The van der Waals surface area contributed by atoms with Gasteiger partial charge in [0.15, 0.2) is 5.96 Å². The van der Waals surface area contributed by atoms with Gasteiger partial charge in [0.05, 0.1) is 18.9 Å². The van der Waals surface area contributed by atoms with Gasteiger partial charge in [0.25, 0.3) is 5.91 Å². The van der Waals surface area contributed by atoms with Crippen molar-refractivity contribution in [3.05, 3.63) is 65.7 Å². The second-order valence-corrected chi connectivity index (χ2v) is 15.1. The molecule has 3 amide bonds. The molecule has 0 aromatic heterocycles. The molecule has 322 valence electrons. The van der Waals surface area contributed by atoms with Crippen molar-refractivity contribution in [2.45, 2.75) is 76.6 Å². The lowest BCUT2D eigenvalue weighted by Gasteiger charge is -2.25. The second-order valence-electron chi connectivity index (χ2n) is 13.4. The summed E-state index contributed by atoms with van der Waals surface area (Å²) in [5, 5.41) is 11.8. The molecule has 0 saturated carbocycles. The van der Waals surface area contributed by atoms with E-state index in [0.717, 1.165) is 4.90 Å². The van der Waals surface area contributed by atoms with Crippen molar-refractivity contribution >= 4 is 51.4 Å². The third-order valence-corrected chi connectivity index (χ3v) is 8.48. The summed E-state index contributed by atoms with van der Waals surface area (Å²) < 4.78 is 70.8. The predicted octanol–water partition coefficient (Wildman–Crippen LogP) is 0.773. The summed E-state index contributed by atoms with van der Waals surface area (Å²) in [7, 11) is -2.71. The second kappa shape index (κ2) is 23.5. The number of ether oxygens (including phenoxy) is 2. The minimum absolute atomic E-state index is 0.00621. The number of amides is 3. The normalized spacial score (nSPS) is 12.3. The van der Waals surface area contributed by atoms with Crippen LogP contribution in [-0.2, 0) is 55.7 Å². The SMILES string of the molecule is CCOC(=O)CNC(=O)C(=O)[C@H](Cc1ccc(OC(C)(C)C)cc1)NC(=O)CN(C)C(=O)[C@@H](CCCN=C(N)N)NS(=O)(=O)Cc1ccccc1.O=C(O)C(F)(F)F. The molecule has 0 saturated heterocycles. The molecule has 2 atom stereocenters. The molecule has 2 aromatic carbocycles. The van der Waals surface area contributed by atoms with Gasteiger partial charge in [-0.05, 0) is 63.8 Å². The van der Waals surface area contributed by atoms with Gasteiger partial charge in [-0.25, -0.2) is 17.9 Å². The number of nitrogens with two attached hydrogens (primary N) is 2. The van der Waals surface area contributed by atoms with Crippen LogP contribution in [0, 0.1) is 0 Å². The molecule has 2 rings (SSSR count). The van der Waals surface area contributed by atoms with Gasteiger partial charge in [0, 0.05) is 20.0 Å². The number of sulfonamides is 1. The molecule has 0 aliphatic rings. The third-order valence-electron chi connectivity index (χ3n) is 7.13. The van der Waals surface area contributed by atoms with Crippen molar-refractivity contribution in [1.29, 1.82) is 0 Å². The molecule has 0 radical (unpaired) electrons. The third kappa shape index (κ3) is 20.9. The fourth-order valence-corrected chi connectivity index (χ4v) is 6.06. The number of hydrogen-bond donors (Lipinski definition) is 6. The number of nitrogens with one attached hydrogen (secondary N) is 3. The monoisotopic (exact) mass is 845 g/mol. The summed E-state index contributed by atoms with van der Waals surface area (Å²) in [4.78, 5) is 78.3. The van der Waals surface area contributed by atoms with E-state index in [1.54, 1.807) is 61.5 Å². The van der Waals surface area contributed by atoms with E-state index < -0.39 is 82.4 Å². The summed E-state index contributed by atoms with van der Waals surface area (Å²) in [6, 6.07) is 12.4. The first-order valence-electron chi connectivity index (χ1n) is 17.5. The highest BCUT2D eigenvalue weighted by atomic mass is 32.2. The number of carboxylic acid groups (broad SMARTS) is 1. The molecule has 0 bridgehead atoms. The highest BCUT2D eigenvalue weighted by Gasteiger charge is 2.38. The van der Waals surface area contributed by atoms with Crippen molar-refractivity contribution in [3.8, 4) is 5.75 Å². The van der Waals surface area contributed by atoms with Gasteiger partial charge < -0.3 is 41.6 Å². The molecule has 22 heteroatoms. The van der Waals surface area contributed by atoms with Crippen molar-refractivity contribution in [1.82, 2.24) is 20.3 Å². The Morgan fingerprint density at radius 3 is 2.03 bits per heavy atom. The van der Waals surface area contributed by atoms with E-state index in [1.165, 1.54) is 7.05 Å². The van der Waals surface area contributed by atoms with Crippen molar-refractivity contribution in [2.75, 3.05) is 33.3 Å². The number of benzene rings is 2. The lowest BCUT2D eigenvalue weighted by atomic mass is 10.0. The number of carboxylic acids is 1. The Labute approximate surface area is 333 Å². The van der Waals surface area contributed by atoms with Crippen molar-refractivity contribution in [3.63, 3.8) is 0 Å². The van der Waals surface area contributed by atoms with Crippen LogP contribution in [0.4, 0.5) is 13.2 Å². The van der Waals surface area contributed by atoms with E-state index in [-0.39, 0.29) is 44.1 Å². The van der Waals surface area contributed by atoms with Gasteiger partial charge in [-0.3, -0.25) is 29.0 Å². The number of rotatable bonds is 20. The van der Waals surface area contributed by atoms with Crippen LogP contribution in [0.1, 0.15) is 51.7 Å². The van der Waals surface area contributed by atoms with Crippen LogP contribution >= 0.6 is 0 Å². The van der Waals surface area contributed by atoms with Crippen LogP contribution in [0.25, 0.3) is 0 Å². The first kappa shape index (κ1) is 50.2. The minimum Gasteiger partial charge on any atom is -0.488 e. The number of hydrogen-bond acceptors (Lipinski definition) is 11. The largest absolute Gasteiger partial charge is 0.490 e. The molecule has 0 aliphatic carbocycles. The van der Waals surface area contributed by atoms with E-state index in [4.69, 9.17) is 30.8 Å². The zero-order valence-electron chi connectivity index (χ0n) is 32.6. The Morgan fingerprint density at radius 1 is 0.931 bits per heavy atom. The summed E-state index contributed by atoms with van der Waals surface area (Å²) in [6.45, 7) is 6.31. The molecule has 0 spiro atoms. The summed E-state index contributed by atoms with van der Waals surface area (Å²) in [6.07, 6.45) is -4.96. The lowest BCUT2D eigenvalue weighted by molar-refractivity contribution is -0.192. The van der Waals surface area contributed by atoms with Gasteiger partial charge in [0.2, 0.25) is 27.6 Å². The number of nitrogens with zero attached hydrogens (tertiary/aromatic N) is 2. The van der Waals surface area contributed by atoms with Gasteiger partial charge in [-0.2, -0.15) is 13.2 Å². The number of halogens is 3. The molecule has 58 heavy (non-hydrogen) atoms. The average Bonchev–Trinajstić information content (AvgIpc) is 3.11. The van der Waals surface area contributed by atoms with E-state index in [9.17, 15) is 45.6 Å². The van der Waals surface area contributed by atoms with E-state index in [1.807, 2.05) is 20.8 Å². The molecular weight excluding hydrogens is 795 g/mol. The summed E-state index contributed by atoms with van der Waals surface area (Å²) in [5.41, 5.74) is 11.4. The predicted molar refractivity (Wildman–Crippen MR) is 204 cm³/mol. The quantitative estimate of drug-likeness (QED) is 0.0354. The molecular formula is C36H50F3N7O11S. The van der Waals surface area contributed by atoms with Crippen LogP contribution in [0.2, 0.25) is 0 Å². The maximum Gasteiger partial charge on any atom is 0.490 e. The number of carbonyl (C=O) groups is 6. The Bertz CT molecular complexity index is 1840. The first-order chi connectivity index (χ1) is 26.8. The topological polar surface area (TPSA) is 279 Å². The van der Waals surface area contributed by atoms with Crippen LogP contribution < -0.4 is 31.6 Å². The smallest absolute Gasteiger partial charge is 0.488 e. The maximum atomic E-state index is 13.5. The standard InChI is InChI=1S/C34H49N7O9S.C2HF3O2/c1-6-49-29(43)20-38-31(45)30(44)27(19-23-14-16-25(17-15-23)50-34(2,3)4)39-28(42)21-41(5)32(46)26(13-10-18-37-33(35)36)40-51(47,48)22-24-11-8-7-9-12-24;3-2(4,5)1(6)7/h7-9,11-12,14-17,26-27,40H,6,10,13,18-22H2,1-5H3,(H,38,45)(H,39,42)(H4,35,36,37);(H,6,7)/t26-,27+;/m1./s1. The number of guanidine groups is 1. The zero-order valence-corrected chi connectivity index (χ0v) is 33.4. The highest BCUT2D eigenvalue weighted by molar-refractivity contribution is 7.88. The molecule has 0 fully saturated rings. The van der Waals surface area contributed by atoms with Crippen LogP contribution in [-0.4, -0.2) is 117 Å². The number of carbonyl (C=O) groups excluding carboxylic acids is 5. The Morgan fingerprint density at radius 2 is 1.52 bits per heavy atom. The molecule has 0 aliphatic heterocycles.